The van der Waals surface area contributed by atoms with E-state index in [2.05, 4.69) is 31.0 Å². The van der Waals surface area contributed by atoms with Gasteiger partial charge in [-0.15, -0.1) is 0 Å². The molecule has 7 heteroatoms. The normalized spacial score (nSPS) is 16.2. The van der Waals surface area contributed by atoms with Gasteiger partial charge in [-0.05, 0) is 37.5 Å². The van der Waals surface area contributed by atoms with E-state index in [0.717, 1.165) is 32.1 Å². The lowest BCUT2D eigenvalue weighted by Gasteiger charge is -2.26. The van der Waals surface area contributed by atoms with Crippen LogP contribution < -0.4 is 21.9 Å². The standard InChI is InChI=1S/C20H32N4O3/c1-4-5-11-24-18(21)17(19(26)22-20(24)27)23(12-10-14(2)3)16(25)13-15-8-6-7-9-15/h6,8,14-15H,4-5,7,9-13,21H2,1-3H3,(H,22,26,27). The number of carbonyl (C=O) groups is 1. The lowest BCUT2D eigenvalue weighted by molar-refractivity contribution is -0.119. The molecule has 1 unspecified atom stereocenters. The summed E-state index contributed by atoms with van der Waals surface area (Å²) in [5.74, 6) is 0.532. The highest BCUT2D eigenvalue weighted by Crippen LogP contribution is 2.25. The minimum atomic E-state index is -0.593. The minimum Gasteiger partial charge on any atom is -0.383 e. The Morgan fingerprint density at radius 1 is 1.41 bits per heavy atom. The number of hydrogen-bond acceptors (Lipinski definition) is 4. The summed E-state index contributed by atoms with van der Waals surface area (Å²) in [6.45, 7) is 6.98. The van der Waals surface area contributed by atoms with E-state index in [0.29, 0.717) is 25.4 Å². The third-order valence-electron chi connectivity index (χ3n) is 5.00. The van der Waals surface area contributed by atoms with Gasteiger partial charge in [0, 0.05) is 19.5 Å². The van der Waals surface area contributed by atoms with Crippen molar-refractivity contribution < 1.29 is 4.79 Å². The zero-order chi connectivity index (χ0) is 20.0. The maximum absolute atomic E-state index is 13.0. The van der Waals surface area contributed by atoms with E-state index < -0.39 is 11.2 Å². The molecule has 0 aromatic carbocycles. The summed E-state index contributed by atoms with van der Waals surface area (Å²) in [4.78, 5) is 41.6. The molecule has 150 valence electrons. The molecule has 0 saturated heterocycles. The van der Waals surface area contributed by atoms with E-state index >= 15 is 0 Å². The van der Waals surface area contributed by atoms with Gasteiger partial charge in [-0.25, -0.2) is 4.79 Å². The van der Waals surface area contributed by atoms with Crippen LogP contribution in [0.1, 0.15) is 59.3 Å². The van der Waals surface area contributed by atoms with Gasteiger partial charge in [0.15, 0.2) is 5.69 Å². The largest absolute Gasteiger partial charge is 0.383 e. The molecule has 1 atom stereocenters. The number of allylic oxidation sites excluding steroid dienone is 2. The molecule has 1 amide bonds. The number of H-pyrrole nitrogens is 1. The summed E-state index contributed by atoms with van der Waals surface area (Å²) in [6.07, 6.45) is 8.84. The van der Waals surface area contributed by atoms with Gasteiger partial charge in [0.25, 0.3) is 5.56 Å². The molecule has 3 N–H and O–H groups in total. The van der Waals surface area contributed by atoms with Crippen LogP contribution in [0.4, 0.5) is 11.5 Å². The van der Waals surface area contributed by atoms with Crippen molar-refractivity contribution in [2.24, 2.45) is 11.8 Å². The Bertz CT molecular complexity index is 791. The maximum Gasteiger partial charge on any atom is 0.330 e. The molecule has 1 aliphatic carbocycles. The summed E-state index contributed by atoms with van der Waals surface area (Å²) in [5.41, 5.74) is 5.21. The van der Waals surface area contributed by atoms with Crippen molar-refractivity contribution in [2.45, 2.75) is 65.8 Å². The molecule has 0 saturated carbocycles. The third kappa shape index (κ3) is 5.34. The predicted octanol–water partition coefficient (Wildman–Crippen LogP) is 2.65. The second-order valence-electron chi connectivity index (χ2n) is 7.70. The number of rotatable bonds is 9. The highest BCUT2D eigenvalue weighted by molar-refractivity contribution is 5.95. The Labute approximate surface area is 160 Å². The summed E-state index contributed by atoms with van der Waals surface area (Å²) >= 11 is 0. The van der Waals surface area contributed by atoms with E-state index in [1.165, 1.54) is 9.47 Å². The first-order valence-electron chi connectivity index (χ1n) is 9.94. The number of nitrogens with zero attached hydrogens (tertiary/aromatic N) is 2. The van der Waals surface area contributed by atoms with E-state index in [9.17, 15) is 14.4 Å². The van der Waals surface area contributed by atoms with Crippen molar-refractivity contribution in [1.29, 1.82) is 0 Å². The first-order chi connectivity index (χ1) is 12.8. The van der Waals surface area contributed by atoms with Crippen LogP contribution in [0.15, 0.2) is 21.7 Å². The SMILES string of the molecule is CCCCn1c(N)c(N(CCC(C)C)C(=O)CC2C=CCC2)c(=O)[nH]c1=O. The molecule has 1 aliphatic rings. The van der Waals surface area contributed by atoms with Crippen LogP contribution in [-0.2, 0) is 11.3 Å². The average Bonchev–Trinajstić information content (AvgIpc) is 3.10. The van der Waals surface area contributed by atoms with Crippen LogP contribution in [-0.4, -0.2) is 22.0 Å². The zero-order valence-corrected chi connectivity index (χ0v) is 16.7. The zero-order valence-electron chi connectivity index (χ0n) is 16.7. The molecule has 0 aliphatic heterocycles. The van der Waals surface area contributed by atoms with Gasteiger partial charge in [-0.3, -0.25) is 19.1 Å². The number of nitrogens with one attached hydrogen (secondary N) is 1. The monoisotopic (exact) mass is 376 g/mol. The lowest BCUT2D eigenvalue weighted by Crippen LogP contribution is -2.42. The molecule has 7 nitrogen and oxygen atoms in total. The van der Waals surface area contributed by atoms with Crippen LogP contribution >= 0.6 is 0 Å². The van der Waals surface area contributed by atoms with Gasteiger partial charge in [0.1, 0.15) is 5.82 Å². The number of aromatic nitrogens is 2. The van der Waals surface area contributed by atoms with Crippen molar-refractivity contribution in [3.8, 4) is 0 Å². The fourth-order valence-corrected chi connectivity index (χ4v) is 3.32. The van der Waals surface area contributed by atoms with E-state index in [1.807, 2.05) is 6.92 Å². The Hall–Kier alpha value is -2.31. The van der Waals surface area contributed by atoms with Crippen molar-refractivity contribution in [3.05, 3.63) is 33.0 Å². The number of amides is 1. The summed E-state index contributed by atoms with van der Waals surface area (Å²) in [6, 6.07) is 0. The molecule has 0 bridgehead atoms. The van der Waals surface area contributed by atoms with E-state index in [-0.39, 0.29) is 23.3 Å². The molecule has 0 fully saturated rings. The lowest BCUT2D eigenvalue weighted by atomic mass is 10.0. The molecule has 1 heterocycles. The van der Waals surface area contributed by atoms with Crippen LogP contribution in [0, 0.1) is 11.8 Å². The molecular formula is C20H32N4O3. The van der Waals surface area contributed by atoms with Gasteiger partial charge in [0.05, 0.1) is 0 Å². The number of nitrogen functional groups attached to an aromatic ring is 1. The highest BCUT2D eigenvalue weighted by Gasteiger charge is 2.26. The molecule has 1 aromatic heterocycles. The summed E-state index contributed by atoms with van der Waals surface area (Å²) < 4.78 is 1.37. The van der Waals surface area contributed by atoms with Crippen LogP contribution in [0.3, 0.4) is 0 Å². The van der Waals surface area contributed by atoms with Crippen molar-refractivity contribution in [2.75, 3.05) is 17.2 Å². The van der Waals surface area contributed by atoms with E-state index in [1.54, 1.807) is 0 Å². The predicted molar refractivity (Wildman–Crippen MR) is 109 cm³/mol. The number of nitrogens with two attached hydrogens (primary N) is 1. The quantitative estimate of drug-likeness (QED) is 0.647. The van der Waals surface area contributed by atoms with Crippen LogP contribution in [0.25, 0.3) is 0 Å². The van der Waals surface area contributed by atoms with Gasteiger partial charge >= 0.3 is 5.69 Å². The second-order valence-corrected chi connectivity index (χ2v) is 7.70. The fraction of sp³-hybridized carbons (Fsp3) is 0.650. The molecule has 0 spiro atoms. The fourth-order valence-electron chi connectivity index (χ4n) is 3.32. The topological polar surface area (TPSA) is 101 Å². The number of anilines is 2. The van der Waals surface area contributed by atoms with Crippen LogP contribution in [0.2, 0.25) is 0 Å². The van der Waals surface area contributed by atoms with Gasteiger partial charge in [-0.2, -0.15) is 0 Å². The molecular weight excluding hydrogens is 344 g/mol. The average molecular weight is 377 g/mol. The Kier molecular flexibility index (Phi) is 7.45. The van der Waals surface area contributed by atoms with E-state index in [4.69, 9.17) is 5.73 Å². The van der Waals surface area contributed by atoms with Gasteiger partial charge < -0.3 is 10.6 Å². The van der Waals surface area contributed by atoms with Crippen molar-refractivity contribution in [3.63, 3.8) is 0 Å². The first kappa shape index (κ1) is 21.0. The molecule has 1 aromatic rings. The molecule has 0 radical (unpaired) electrons. The minimum absolute atomic E-state index is 0.0799. The van der Waals surface area contributed by atoms with Gasteiger partial charge in [-0.1, -0.05) is 39.3 Å². The second kappa shape index (κ2) is 9.58. The Balaban J connectivity index is 2.40. The first-order valence-corrected chi connectivity index (χ1v) is 9.94. The number of unbranched alkanes of at least 4 members (excludes halogenated alkanes) is 1. The third-order valence-corrected chi connectivity index (χ3v) is 5.00. The van der Waals surface area contributed by atoms with Crippen LogP contribution in [0.5, 0.6) is 0 Å². The Morgan fingerprint density at radius 2 is 2.15 bits per heavy atom. The number of carbonyl (C=O) groups excluding carboxylic acids is 1. The molecule has 27 heavy (non-hydrogen) atoms. The van der Waals surface area contributed by atoms with Gasteiger partial charge in [0.2, 0.25) is 5.91 Å². The summed E-state index contributed by atoms with van der Waals surface area (Å²) in [7, 11) is 0. The summed E-state index contributed by atoms with van der Waals surface area (Å²) in [5, 5.41) is 0. The maximum atomic E-state index is 13.0. The number of aromatic amines is 1. The Morgan fingerprint density at radius 3 is 2.74 bits per heavy atom. The number of hydrogen-bond donors (Lipinski definition) is 2. The van der Waals surface area contributed by atoms with Crippen molar-refractivity contribution in [1.82, 2.24) is 9.55 Å². The smallest absolute Gasteiger partial charge is 0.330 e. The molecule has 2 rings (SSSR count). The van der Waals surface area contributed by atoms with Crippen molar-refractivity contribution >= 4 is 17.4 Å². The highest BCUT2D eigenvalue weighted by atomic mass is 16.2.